The molecule has 0 aliphatic carbocycles. The molecule has 168 valence electrons. The van der Waals surface area contributed by atoms with Gasteiger partial charge in [0.2, 0.25) is 0 Å². The summed E-state index contributed by atoms with van der Waals surface area (Å²) >= 11 is 6.20. The molecule has 0 aromatic heterocycles. The number of hydrogen-bond acceptors (Lipinski definition) is 5. The van der Waals surface area contributed by atoms with Crippen LogP contribution >= 0.6 is 11.6 Å². The van der Waals surface area contributed by atoms with Gasteiger partial charge in [-0.15, -0.1) is 0 Å². The number of esters is 2. The fourth-order valence-electron chi connectivity index (χ4n) is 2.71. The van der Waals surface area contributed by atoms with Gasteiger partial charge in [0.1, 0.15) is 11.5 Å². The van der Waals surface area contributed by atoms with Crippen molar-refractivity contribution in [2.45, 2.75) is 52.9 Å². The summed E-state index contributed by atoms with van der Waals surface area (Å²) in [5.41, 5.74) is 0.636. The van der Waals surface area contributed by atoms with Crippen molar-refractivity contribution in [3.63, 3.8) is 0 Å². The Kier molecular flexibility index (Phi) is 10.4. The van der Waals surface area contributed by atoms with Gasteiger partial charge in [0, 0.05) is 6.07 Å². The normalized spacial score (nSPS) is 11.6. The van der Waals surface area contributed by atoms with Gasteiger partial charge in [-0.1, -0.05) is 58.1 Å². The molecule has 0 bridgehead atoms. The summed E-state index contributed by atoms with van der Waals surface area (Å²) in [6.45, 7) is 7.20. The summed E-state index contributed by atoms with van der Waals surface area (Å²) in [5.74, 6) is 0.244. The van der Waals surface area contributed by atoms with Gasteiger partial charge in [-0.3, -0.25) is 0 Å². The van der Waals surface area contributed by atoms with Crippen molar-refractivity contribution >= 4 is 23.5 Å². The third kappa shape index (κ3) is 8.25. The van der Waals surface area contributed by atoms with E-state index in [1.807, 2.05) is 13.8 Å². The van der Waals surface area contributed by atoms with Crippen molar-refractivity contribution in [3.8, 4) is 11.5 Å². The number of carbonyl (C=O) groups is 2. The van der Waals surface area contributed by atoms with Crippen LogP contribution in [0, 0.1) is 5.92 Å². The molecule has 2 rings (SSSR count). The zero-order valence-corrected chi connectivity index (χ0v) is 19.2. The maximum atomic E-state index is 12.4. The van der Waals surface area contributed by atoms with E-state index < -0.39 is 11.9 Å². The number of unbranched alkanes of at least 4 members (excludes halogenated alkanes) is 3. The molecule has 0 amide bonds. The van der Waals surface area contributed by atoms with E-state index in [9.17, 15) is 9.59 Å². The highest BCUT2D eigenvalue weighted by molar-refractivity contribution is 6.33. The van der Waals surface area contributed by atoms with Crippen molar-refractivity contribution < 1.29 is 23.8 Å². The summed E-state index contributed by atoms with van der Waals surface area (Å²) in [6.07, 6.45) is 5.48. The quantitative estimate of drug-likeness (QED) is 0.205. The molecule has 0 radical (unpaired) electrons. The molecule has 1 atom stereocenters. The van der Waals surface area contributed by atoms with Crippen LogP contribution < -0.4 is 9.47 Å². The molecule has 0 aliphatic rings. The summed E-state index contributed by atoms with van der Waals surface area (Å²) in [4.78, 5) is 24.6. The van der Waals surface area contributed by atoms with E-state index in [4.69, 9.17) is 25.8 Å². The minimum absolute atomic E-state index is 0.172. The first-order chi connectivity index (χ1) is 14.9. The molecule has 6 heteroatoms. The highest BCUT2D eigenvalue weighted by atomic mass is 35.5. The van der Waals surface area contributed by atoms with E-state index in [1.54, 1.807) is 24.3 Å². The fourth-order valence-corrected chi connectivity index (χ4v) is 2.96. The highest BCUT2D eigenvalue weighted by Crippen LogP contribution is 2.25. The van der Waals surface area contributed by atoms with Crippen LogP contribution in [0.15, 0.2) is 42.5 Å². The van der Waals surface area contributed by atoms with E-state index in [0.29, 0.717) is 18.8 Å². The molecule has 5 nitrogen and oxygen atoms in total. The Morgan fingerprint density at radius 1 is 0.935 bits per heavy atom. The second-order valence-corrected chi connectivity index (χ2v) is 7.98. The number of ether oxygens (including phenoxy) is 3. The van der Waals surface area contributed by atoms with Gasteiger partial charge in [-0.2, -0.15) is 0 Å². The van der Waals surface area contributed by atoms with Gasteiger partial charge in [-0.25, -0.2) is 9.59 Å². The van der Waals surface area contributed by atoms with Gasteiger partial charge in [0.05, 0.1) is 29.4 Å². The largest absolute Gasteiger partial charge is 0.494 e. The Bertz CT molecular complexity index is 847. The molecule has 0 heterocycles. The van der Waals surface area contributed by atoms with Crippen molar-refractivity contribution in [1.82, 2.24) is 0 Å². The molecule has 0 spiro atoms. The van der Waals surface area contributed by atoms with Crippen LogP contribution in [0.3, 0.4) is 0 Å². The van der Waals surface area contributed by atoms with E-state index >= 15 is 0 Å². The highest BCUT2D eigenvalue weighted by Gasteiger charge is 2.16. The van der Waals surface area contributed by atoms with Crippen molar-refractivity contribution in [2.75, 3.05) is 13.2 Å². The molecule has 0 saturated carbocycles. The van der Waals surface area contributed by atoms with Crippen LogP contribution in [0.1, 0.15) is 73.6 Å². The summed E-state index contributed by atoms with van der Waals surface area (Å²) < 4.78 is 16.3. The maximum Gasteiger partial charge on any atom is 0.343 e. The van der Waals surface area contributed by atoms with Crippen LogP contribution in [0.25, 0.3) is 0 Å². The van der Waals surface area contributed by atoms with Gasteiger partial charge in [0.25, 0.3) is 0 Å². The van der Waals surface area contributed by atoms with Crippen LogP contribution in [-0.2, 0) is 4.74 Å². The summed E-state index contributed by atoms with van der Waals surface area (Å²) in [7, 11) is 0. The number of hydrogen-bond donors (Lipinski definition) is 0. The fraction of sp³-hybridized carbons (Fsp3) is 0.440. The molecule has 31 heavy (non-hydrogen) atoms. The minimum Gasteiger partial charge on any atom is -0.494 e. The van der Waals surface area contributed by atoms with Gasteiger partial charge in [0.15, 0.2) is 0 Å². The zero-order chi connectivity index (χ0) is 22.6. The number of benzene rings is 2. The molecule has 1 unspecified atom stereocenters. The SMILES string of the molecule is CCCCCCOc1ccc(C(=O)Oc2ccc(C(=O)OCC(C)CC)c(Cl)c2)cc1. The van der Waals surface area contributed by atoms with E-state index in [0.717, 1.165) is 25.0 Å². The molecule has 0 fully saturated rings. The molecule has 0 aliphatic heterocycles. The first-order valence-corrected chi connectivity index (χ1v) is 11.2. The first kappa shape index (κ1) is 24.7. The van der Waals surface area contributed by atoms with Crippen LogP contribution in [0.5, 0.6) is 11.5 Å². The molecule has 0 N–H and O–H groups in total. The zero-order valence-electron chi connectivity index (χ0n) is 18.5. The minimum atomic E-state index is -0.516. The lowest BCUT2D eigenvalue weighted by molar-refractivity contribution is 0.0447. The molecule has 2 aromatic rings. The molecule has 2 aromatic carbocycles. The third-order valence-corrected chi connectivity index (χ3v) is 5.24. The summed E-state index contributed by atoms with van der Waals surface area (Å²) in [5, 5.41) is 0.172. The van der Waals surface area contributed by atoms with E-state index in [-0.39, 0.29) is 22.3 Å². The monoisotopic (exact) mass is 446 g/mol. The summed E-state index contributed by atoms with van der Waals surface area (Å²) in [6, 6.07) is 11.3. The lowest BCUT2D eigenvalue weighted by Gasteiger charge is -2.11. The smallest absolute Gasteiger partial charge is 0.343 e. The lowest BCUT2D eigenvalue weighted by atomic mass is 10.1. The Morgan fingerprint density at radius 2 is 1.65 bits per heavy atom. The molecular weight excluding hydrogens is 416 g/mol. The molecular formula is C25H31ClO5. The Balaban J connectivity index is 1.90. The number of halogens is 1. The van der Waals surface area contributed by atoms with E-state index in [2.05, 4.69) is 6.92 Å². The van der Waals surface area contributed by atoms with Gasteiger partial charge in [-0.05, 0) is 48.7 Å². The van der Waals surface area contributed by atoms with Crippen molar-refractivity contribution in [2.24, 2.45) is 5.92 Å². The number of carbonyl (C=O) groups excluding carboxylic acids is 2. The first-order valence-electron chi connectivity index (χ1n) is 10.9. The molecule has 0 saturated heterocycles. The Morgan fingerprint density at radius 3 is 2.29 bits per heavy atom. The Hall–Kier alpha value is -2.53. The predicted molar refractivity (Wildman–Crippen MR) is 122 cm³/mol. The van der Waals surface area contributed by atoms with Gasteiger partial charge < -0.3 is 14.2 Å². The van der Waals surface area contributed by atoms with Gasteiger partial charge >= 0.3 is 11.9 Å². The Labute approximate surface area is 189 Å². The van der Waals surface area contributed by atoms with E-state index in [1.165, 1.54) is 31.0 Å². The van der Waals surface area contributed by atoms with Crippen LogP contribution in [-0.4, -0.2) is 25.2 Å². The maximum absolute atomic E-state index is 12.4. The average Bonchev–Trinajstić information content (AvgIpc) is 2.77. The lowest BCUT2D eigenvalue weighted by Crippen LogP contribution is -2.12. The third-order valence-electron chi connectivity index (χ3n) is 4.92. The van der Waals surface area contributed by atoms with Crippen LogP contribution in [0.2, 0.25) is 5.02 Å². The topological polar surface area (TPSA) is 61.8 Å². The van der Waals surface area contributed by atoms with Crippen LogP contribution in [0.4, 0.5) is 0 Å². The second-order valence-electron chi connectivity index (χ2n) is 7.58. The van der Waals surface area contributed by atoms with Crippen molar-refractivity contribution in [1.29, 1.82) is 0 Å². The predicted octanol–water partition coefficient (Wildman–Crippen LogP) is 6.72. The number of rotatable bonds is 12. The standard InChI is InChI=1S/C25H31ClO5/c1-4-6-7-8-15-29-20-11-9-19(10-12-20)24(27)31-21-13-14-22(23(26)16-21)25(28)30-17-18(3)5-2/h9-14,16,18H,4-8,15,17H2,1-3H3. The van der Waals surface area contributed by atoms with Crippen molar-refractivity contribution in [3.05, 3.63) is 58.6 Å². The second kappa shape index (κ2) is 13.0. The average molecular weight is 447 g/mol.